The van der Waals surface area contributed by atoms with Crippen molar-refractivity contribution >= 4 is 15.9 Å². The maximum absolute atomic E-state index is 10.6. The molecule has 4 nitrogen and oxygen atoms in total. The largest absolute Gasteiger partial charge is 0.496 e. The second kappa shape index (κ2) is 5.95. The van der Waals surface area contributed by atoms with Gasteiger partial charge in [0.1, 0.15) is 25.1 Å². The standard InChI is InChI=1S/C16H15BrO4/c1-19-13-5-3-11(17)9-12(13)16(18)10-2-4-14-15(8-10)21-7-6-20-14/h2-5,8-9,16,18H,6-7H2,1H3. The predicted octanol–water partition coefficient (Wildman–Crippen LogP) is 3.31. The third kappa shape index (κ3) is 2.84. The van der Waals surface area contributed by atoms with E-state index in [1.807, 2.05) is 30.3 Å². The van der Waals surface area contributed by atoms with Gasteiger partial charge in [0.2, 0.25) is 0 Å². The Morgan fingerprint density at radius 1 is 1.10 bits per heavy atom. The van der Waals surface area contributed by atoms with Crippen molar-refractivity contribution in [3.05, 3.63) is 52.0 Å². The van der Waals surface area contributed by atoms with Crippen LogP contribution in [0.5, 0.6) is 17.2 Å². The molecule has 21 heavy (non-hydrogen) atoms. The number of hydrogen-bond donors (Lipinski definition) is 1. The Morgan fingerprint density at radius 2 is 1.86 bits per heavy atom. The average Bonchev–Trinajstić information content (AvgIpc) is 2.53. The summed E-state index contributed by atoms with van der Waals surface area (Å²) in [5.41, 5.74) is 1.43. The lowest BCUT2D eigenvalue weighted by Gasteiger charge is -2.21. The van der Waals surface area contributed by atoms with Crippen LogP contribution in [0.4, 0.5) is 0 Å². The van der Waals surface area contributed by atoms with E-state index in [2.05, 4.69) is 15.9 Å². The van der Waals surface area contributed by atoms with E-state index in [0.29, 0.717) is 36.0 Å². The van der Waals surface area contributed by atoms with Gasteiger partial charge in [-0.2, -0.15) is 0 Å². The maximum atomic E-state index is 10.6. The highest BCUT2D eigenvalue weighted by Crippen LogP contribution is 2.37. The van der Waals surface area contributed by atoms with Gasteiger partial charge in [-0.1, -0.05) is 22.0 Å². The summed E-state index contributed by atoms with van der Waals surface area (Å²) in [5.74, 6) is 2.01. The number of hydrogen-bond acceptors (Lipinski definition) is 4. The van der Waals surface area contributed by atoms with Crippen molar-refractivity contribution in [3.63, 3.8) is 0 Å². The topological polar surface area (TPSA) is 47.9 Å². The van der Waals surface area contributed by atoms with E-state index in [9.17, 15) is 5.11 Å². The Balaban J connectivity index is 1.98. The zero-order valence-electron chi connectivity index (χ0n) is 11.5. The molecule has 0 saturated heterocycles. The van der Waals surface area contributed by atoms with E-state index in [1.165, 1.54) is 0 Å². The number of ether oxygens (including phenoxy) is 3. The summed E-state index contributed by atoms with van der Waals surface area (Å²) < 4.78 is 17.2. The average molecular weight is 351 g/mol. The van der Waals surface area contributed by atoms with Crippen molar-refractivity contribution in [1.29, 1.82) is 0 Å². The SMILES string of the molecule is COc1ccc(Br)cc1C(O)c1ccc2c(c1)OCCO2. The molecule has 0 radical (unpaired) electrons. The number of benzene rings is 2. The molecular formula is C16H15BrO4. The van der Waals surface area contributed by atoms with Crippen LogP contribution in [0.25, 0.3) is 0 Å². The van der Waals surface area contributed by atoms with Gasteiger partial charge in [0.25, 0.3) is 0 Å². The molecule has 3 rings (SSSR count). The van der Waals surface area contributed by atoms with Gasteiger partial charge in [-0.15, -0.1) is 0 Å². The Kier molecular flexibility index (Phi) is 4.03. The van der Waals surface area contributed by atoms with Crippen molar-refractivity contribution in [2.24, 2.45) is 0 Å². The van der Waals surface area contributed by atoms with Crippen LogP contribution in [-0.4, -0.2) is 25.4 Å². The Bertz CT molecular complexity index is 657. The molecule has 1 unspecified atom stereocenters. The number of aliphatic hydroxyl groups excluding tert-OH is 1. The maximum Gasteiger partial charge on any atom is 0.161 e. The Hall–Kier alpha value is -1.72. The minimum Gasteiger partial charge on any atom is -0.496 e. The van der Waals surface area contributed by atoms with Gasteiger partial charge in [0.05, 0.1) is 7.11 Å². The lowest BCUT2D eigenvalue weighted by molar-refractivity contribution is 0.169. The first-order chi connectivity index (χ1) is 10.2. The third-order valence-electron chi connectivity index (χ3n) is 3.37. The summed E-state index contributed by atoms with van der Waals surface area (Å²) in [6.45, 7) is 1.07. The fourth-order valence-corrected chi connectivity index (χ4v) is 2.71. The van der Waals surface area contributed by atoms with Crippen LogP contribution in [0, 0.1) is 0 Å². The van der Waals surface area contributed by atoms with Crippen LogP contribution in [0.1, 0.15) is 17.2 Å². The zero-order chi connectivity index (χ0) is 14.8. The van der Waals surface area contributed by atoms with Gasteiger partial charge in [-0.25, -0.2) is 0 Å². The molecule has 110 valence electrons. The van der Waals surface area contributed by atoms with Crippen molar-refractivity contribution in [2.75, 3.05) is 20.3 Å². The van der Waals surface area contributed by atoms with E-state index in [1.54, 1.807) is 13.2 Å². The van der Waals surface area contributed by atoms with Crippen molar-refractivity contribution in [2.45, 2.75) is 6.10 Å². The Morgan fingerprint density at radius 3 is 2.62 bits per heavy atom. The van der Waals surface area contributed by atoms with Crippen LogP contribution in [0.3, 0.4) is 0 Å². The fraction of sp³-hybridized carbons (Fsp3) is 0.250. The highest BCUT2D eigenvalue weighted by molar-refractivity contribution is 9.10. The number of aliphatic hydroxyl groups is 1. The molecule has 0 aromatic heterocycles. The van der Waals surface area contributed by atoms with Crippen molar-refractivity contribution in [1.82, 2.24) is 0 Å². The first-order valence-corrected chi connectivity index (χ1v) is 7.39. The van der Waals surface area contributed by atoms with Gasteiger partial charge in [0.15, 0.2) is 11.5 Å². The summed E-state index contributed by atoms with van der Waals surface area (Å²) >= 11 is 3.42. The summed E-state index contributed by atoms with van der Waals surface area (Å²) in [6.07, 6.45) is -0.798. The molecule has 1 aliphatic heterocycles. The second-order valence-electron chi connectivity index (χ2n) is 4.69. The van der Waals surface area contributed by atoms with Crippen molar-refractivity contribution < 1.29 is 19.3 Å². The normalized spacial score (nSPS) is 14.6. The van der Waals surface area contributed by atoms with E-state index < -0.39 is 6.10 Å². The number of methoxy groups -OCH3 is 1. The minimum absolute atomic E-state index is 0.521. The van der Waals surface area contributed by atoms with Crippen LogP contribution >= 0.6 is 15.9 Å². The molecule has 5 heteroatoms. The van der Waals surface area contributed by atoms with E-state index in [-0.39, 0.29) is 0 Å². The monoisotopic (exact) mass is 350 g/mol. The summed E-state index contributed by atoms with van der Waals surface area (Å²) in [7, 11) is 1.59. The van der Waals surface area contributed by atoms with Crippen LogP contribution in [0.2, 0.25) is 0 Å². The molecule has 0 fully saturated rings. The number of fused-ring (bicyclic) bond motifs is 1. The fourth-order valence-electron chi connectivity index (χ4n) is 2.33. The first-order valence-electron chi connectivity index (χ1n) is 6.60. The van der Waals surface area contributed by atoms with Gasteiger partial charge in [-0.3, -0.25) is 0 Å². The highest BCUT2D eigenvalue weighted by atomic mass is 79.9. The van der Waals surface area contributed by atoms with Crippen molar-refractivity contribution in [3.8, 4) is 17.2 Å². The molecule has 0 amide bonds. The van der Waals surface area contributed by atoms with Crippen LogP contribution in [-0.2, 0) is 0 Å². The second-order valence-corrected chi connectivity index (χ2v) is 5.61. The molecule has 0 saturated carbocycles. The third-order valence-corrected chi connectivity index (χ3v) is 3.86. The van der Waals surface area contributed by atoms with E-state index >= 15 is 0 Å². The van der Waals surface area contributed by atoms with Gasteiger partial charge < -0.3 is 19.3 Å². The molecule has 0 bridgehead atoms. The Labute approximate surface area is 131 Å². The lowest BCUT2D eigenvalue weighted by atomic mass is 10.00. The zero-order valence-corrected chi connectivity index (χ0v) is 13.1. The summed E-state index contributed by atoms with van der Waals surface area (Å²) in [6, 6.07) is 11.0. The minimum atomic E-state index is -0.798. The number of rotatable bonds is 3. The molecule has 1 aliphatic rings. The molecule has 0 spiro atoms. The molecular weight excluding hydrogens is 336 g/mol. The molecule has 0 aliphatic carbocycles. The highest BCUT2D eigenvalue weighted by Gasteiger charge is 2.19. The van der Waals surface area contributed by atoms with E-state index in [0.717, 1.165) is 10.0 Å². The van der Waals surface area contributed by atoms with Gasteiger partial charge >= 0.3 is 0 Å². The molecule has 2 aromatic rings. The molecule has 2 aromatic carbocycles. The smallest absolute Gasteiger partial charge is 0.161 e. The van der Waals surface area contributed by atoms with E-state index in [4.69, 9.17) is 14.2 Å². The number of halogens is 1. The molecule has 1 N–H and O–H groups in total. The summed E-state index contributed by atoms with van der Waals surface area (Å²) in [5, 5.41) is 10.6. The van der Waals surface area contributed by atoms with Gasteiger partial charge in [0, 0.05) is 10.0 Å². The quantitative estimate of drug-likeness (QED) is 0.922. The molecule has 1 heterocycles. The first kappa shape index (κ1) is 14.2. The molecule has 1 atom stereocenters. The van der Waals surface area contributed by atoms with Crippen LogP contribution < -0.4 is 14.2 Å². The lowest BCUT2D eigenvalue weighted by Crippen LogP contribution is -2.15. The van der Waals surface area contributed by atoms with Gasteiger partial charge in [-0.05, 0) is 35.9 Å². The summed E-state index contributed by atoms with van der Waals surface area (Å²) in [4.78, 5) is 0. The van der Waals surface area contributed by atoms with Crippen LogP contribution in [0.15, 0.2) is 40.9 Å². The predicted molar refractivity (Wildman–Crippen MR) is 82.2 cm³/mol.